The van der Waals surface area contributed by atoms with Crippen molar-refractivity contribution in [1.29, 1.82) is 0 Å². The molecule has 0 amide bonds. The van der Waals surface area contributed by atoms with Crippen LogP contribution >= 0.6 is 0 Å². The van der Waals surface area contributed by atoms with Gasteiger partial charge >= 0.3 is 11.9 Å². The van der Waals surface area contributed by atoms with Gasteiger partial charge in [-0.2, -0.15) is 0 Å². The summed E-state index contributed by atoms with van der Waals surface area (Å²) in [5, 5.41) is 0. The lowest BCUT2D eigenvalue weighted by molar-refractivity contribution is -0.150. The van der Waals surface area contributed by atoms with Gasteiger partial charge in [0.05, 0.1) is 12.8 Å². The molecule has 6 heteroatoms. The van der Waals surface area contributed by atoms with E-state index < -0.39 is 0 Å². The molecule has 0 aliphatic carbocycles. The highest BCUT2D eigenvalue weighted by Gasteiger charge is 2.21. The van der Waals surface area contributed by atoms with Gasteiger partial charge in [-0.25, -0.2) is 0 Å². The van der Waals surface area contributed by atoms with Crippen molar-refractivity contribution in [3.8, 4) is 0 Å². The molecule has 0 fully saturated rings. The highest BCUT2D eigenvalue weighted by Crippen LogP contribution is 2.24. The SMILES string of the molecule is CCCCC/C=C\C/C=C\CCCCCCCCC(CCCCCCCC/C=C\C/C=C\CCCCC)OC(=O)Cc1cn(CCCN(C)C)cc1CC(=O)OC(CCCCCCCCCCCCCCCCCC)CCCCCCCCCCCCCCCCCC. The fourth-order valence-electron chi connectivity index (χ4n) is 13.5. The van der Waals surface area contributed by atoms with Crippen molar-refractivity contribution in [3.05, 3.63) is 72.1 Å². The van der Waals surface area contributed by atoms with Crippen LogP contribution in [0.2, 0.25) is 0 Å². The zero-order valence-corrected chi connectivity index (χ0v) is 63.4. The molecule has 0 spiro atoms. The number of carbonyl (C=O) groups excluding carboxylic acids is 2. The molecule has 0 unspecified atom stereocenters. The van der Waals surface area contributed by atoms with Crippen LogP contribution in [0.5, 0.6) is 0 Å². The highest BCUT2D eigenvalue weighted by atomic mass is 16.5. The largest absolute Gasteiger partial charge is 0.462 e. The number of hydrogen-bond donors (Lipinski definition) is 0. The van der Waals surface area contributed by atoms with E-state index in [9.17, 15) is 9.59 Å². The van der Waals surface area contributed by atoms with E-state index in [1.54, 1.807) is 0 Å². The molecule has 0 aliphatic rings. The van der Waals surface area contributed by atoms with Crippen molar-refractivity contribution >= 4 is 11.9 Å². The maximum Gasteiger partial charge on any atom is 0.310 e. The van der Waals surface area contributed by atoms with Crippen LogP contribution in [0.25, 0.3) is 0 Å². The Morgan fingerprint density at radius 3 is 0.806 bits per heavy atom. The lowest BCUT2D eigenvalue weighted by Crippen LogP contribution is -2.21. The minimum atomic E-state index is -0.148. The predicted octanol–water partition coefficient (Wildman–Crippen LogP) is 28.1. The van der Waals surface area contributed by atoms with Crippen LogP contribution in [0, 0.1) is 0 Å². The first-order valence-electron chi connectivity index (χ1n) is 41.6. The van der Waals surface area contributed by atoms with Gasteiger partial charge in [-0.15, -0.1) is 0 Å². The van der Waals surface area contributed by atoms with E-state index in [4.69, 9.17) is 9.47 Å². The molecule has 542 valence electrons. The summed E-state index contributed by atoms with van der Waals surface area (Å²) >= 11 is 0. The van der Waals surface area contributed by atoms with Gasteiger partial charge in [-0.1, -0.05) is 346 Å². The molecule has 1 aromatic heterocycles. The second-order valence-corrected chi connectivity index (χ2v) is 29.2. The van der Waals surface area contributed by atoms with Gasteiger partial charge in [-0.3, -0.25) is 9.59 Å². The summed E-state index contributed by atoms with van der Waals surface area (Å²) in [6, 6.07) is 0. The van der Waals surface area contributed by atoms with Crippen molar-refractivity contribution in [3.63, 3.8) is 0 Å². The number of nitrogens with zero attached hydrogens (tertiary/aromatic N) is 2. The van der Waals surface area contributed by atoms with Crippen molar-refractivity contribution in [2.75, 3.05) is 20.6 Å². The van der Waals surface area contributed by atoms with Gasteiger partial charge < -0.3 is 18.9 Å². The van der Waals surface area contributed by atoms with Crippen molar-refractivity contribution in [2.24, 2.45) is 0 Å². The molecule has 1 heterocycles. The summed E-state index contributed by atoms with van der Waals surface area (Å²) in [6.45, 7) is 11.0. The summed E-state index contributed by atoms with van der Waals surface area (Å²) in [7, 11) is 4.25. The van der Waals surface area contributed by atoms with Crippen molar-refractivity contribution in [2.45, 2.75) is 451 Å². The molecule has 0 aliphatic heterocycles. The lowest BCUT2D eigenvalue weighted by Gasteiger charge is -2.19. The third-order valence-corrected chi connectivity index (χ3v) is 19.6. The molecule has 1 aromatic rings. The fraction of sp³-hybridized carbons (Fsp3) is 0.839. The van der Waals surface area contributed by atoms with Crippen molar-refractivity contribution in [1.82, 2.24) is 9.47 Å². The van der Waals surface area contributed by atoms with E-state index >= 15 is 0 Å². The number of unbranched alkanes of at least 4 members (excludes halogenated alkanes) is 48. The summed E-state index contributed by atoms with van der Waals surface area (Å²) in [5.41, 5.74) is 1.85. The molecule has 0 saturated carbocycles. The smallest absolute Gasteiger partial charge is 0.310 e. The minimum absolute atomic E-state index is 0.0359. The van der Waals surface area contributed by atoms with Crippen LogP contribution < -0.4 is 0 Å². The second-order valence-electron chi connectivity index (χ2n) is 29.2. The van der Waals surface area contributed by atoms with Crippen LogP contribution in [-0.4, -0.2) is 54.3 Å². The molecule has 0 aromatic carbocycles. The number of rotatable bonds is 74. The number of carbonyl (C=O) groups is 2. The van der Waals surface area contributed by atoms with Crippen LogP contribution in [-0.2, 0) is 38.4 Å². The van der Waals surface area contributed by atoms with Crippen LogP contribution in [0.4, 0.5) is 0 Å². The number of aromatic nitrogens is 1. The molecular weight excluding hydrogens is 1140 g/mol. The number of ether oxygens (including phenoxy) is 2. The summed E-state index contributed by atoms with van der Waals surface area (Å²) in [6.07, 6.45) is 101. The Kier molecular flexibility index (Phi) is 68.2. The molecule has 0 saturated heterocycles. The highest BCUT2D eigenvalue weighted by molar-refractivity contribution is 5.76. The van der Waals surface area contributed by atoms with Gasteiger partial charge in [0.15, 0.2) is 0 Å². The Balaban J connectivity index is 2.93. The van der Waals surface area contributed by atoms with E-state index in [-0.39, 0.29) is 37.0 Å². The third kappa shape index (κ3) is 63.6. The molecule has 0 atom stereocenters. The van der Waals surface area contributed by atoms with Gasteiger partial charge in [0, 0.05) is 18.9 Å². The maximum atomic E-state index is 14.2. The van der Waals surface area contributed by atoms with Crippen LogP contribution in [0.3, 0.4) is 0 Å². The zero-order valence-electron chi connectivity index (χ0n) is 63.4. The number of aryl methyl sites for hydroxylation is 1. The van der Waals surface area contributed by atoms with E-state index in [2.05, 4.69) is 112 Å². The van der Waals surface area contributed by atoms with Crippen LogP contribution in [0.15, 0.2) is 61.0 Å². The van der Waals surface area contributed by atoms with Crippen LogP contribution in [0.1, 0.15) is 430 Å². The van der Waals surface area contributed by atoms with E-state index in [1.165, 1.54) is 321 Å². The number of hydrogen-bond acceptors (Lipinski definition) is 5. The second kappa shape index (κ2) is 71.9. The summed E-state index contributed by atoms with van der Waals surface area (Å²) in [5.74, 6) is -0.285. The maximum absolute atomic E-state index is 14.2. The predicted molar refractivity (Wildman–Crippen MR) is 411 cm³/mol. The summed E-state index contributed by atoms with van der Waals surface area (Å²) in [4.78, 5) is 30.6. The third-order valence-electron chi connectivity index (χ3n) is 19.6. The summed E-state index contributed by atoms with van der Waals surface area (Å²) < 4.78 is 15.2. The Bertz CT molecular complexity index is 1740. The number of allylic oxidation sites excluding steroid dienone is 8. The molecule has 0 radical (unpaired) electrons. The van der Waals surface area contributed by atoms with Gasteiger partial charge in [0.1, 0.15) is 12.2 Å². The Labute approximate surface area is 581 Å². The standard InChI is InChI=1S/C87H160N2O4/c1-7-11-15-19-23-27-31-35-39-43-47-51-55-59-63-67-72-84(73-68-64-60-56-52-48-44-40-36-32-28-24-20-16-12-8-2)92-86(90)78-82-80-89(77-71-76-88(5)6)81-83(82)79-87(91)93-85(74-69-65-61-57-53-49-45-41-37-33-29-25-21-17-13-9-3)75-70-66-62-58-54-50-46-42-38-34-30-26-22-18-14-10-4/h23-24,27-28,35-36,39-40,80-81,84-85H,7-22,25-26,29-34,37-38,41-79H2,1-6H3/b27-23-,28-24-,39-35-,40-36-. The molecule has 0 N–H and O–H groups in total. The first-order chi connectivity index (χ1) is 45.8. The minimum Gasteiger partial charge on any atom is -0.462 e. The van der Waals surface area contributed by atoms with Gasteiger partial charge in [-0.05, 0) is 154 Å². The first-order valence-corrected chi connectivity index (χ1v) is 41.6. The van der Waals surface area contributed by atoms with Gasteiger partial charge in [0.25, 0.3) is 0 Å². The molecule has 0 bridgehead atoms. The Morgan fingerprint density at radius 1 is 0.323 bits per heavy atom. The monoisotopic (exact) mass is 1300 g/mol. The van der Waals surface area contributed by atoms with E-state index in [0.29, 0.717) is 0 Å². The quantitative estimate of drug-likeness (QED) is 0.0369. The average Bonchev–Trinajstić information content (AvgIpc) is 1.81. The van der Waals surface area contributed by atoms with Crippen molar-refractivity contribution < 1.29 is 19.1 Å². The molecular formula is C87H160N2O4. The molecule has 93 heavy (non-hydrogen) atoms. The number of esters is 2. The first kappa shape index (κ1) is 88.2. The normalized spacial score (nSPS) is 12.2. The Hall–Kier alpha value is -2.86. The van der Waals surface area contributed by atoms with E-state index in [0.717, 1.165) is 94.8 Å². The molecule has 1 rings (SSSR count). The fourth-order valence-corrected chi connectivity index (χ4v) is 13.5. The lowest BCUT2D eigenvalue weighted by atomic mass is 10.0. The van der Waals surface area contributed by atoms with Gasteiger partial charge in [0.2, 0.25) is 0 Å². The van der Waals surface area contributed by atoms with E-state index in [1.807, 2.05) is 0 Å². The molecule has 6 nitrogen and oxygen atoms in total. The zero-order chi connectivity index (χ0) is 67.1. The average molecular weight is 1300 g/mol. The topological polar surface area (TPSA) is 60.8 Å². The Morgan fingerprint density at radius 2 is 0.548 bits per heavy atom.